The minimum atomic E-state index is 0. The van der Waals surface area contributed by atoms with Crippen LogP contribution in [0.3, 0.4) is 0 Å². The third-order valence-corrected chi connectivity index (χ3v) is 0. The summed E-state index contributed by atoms with van der Waals surface area (Å²) >= 11 is 0. The summed E-state index contributed by atoms with van der Waals surface area (Å²) in [4.78, 5) is 0. The fourth-order valence-corrected chi connectivity index (χ4v) is 0. The van der Waals surface area contributed by atoms with E-state index >= 15 is 0 Å². The van der Waals surface area contributed by atoms with Gasteiger partial charge in [-0.2, -0.15) is 0 Å². The van der Waals surface area contributed by atoms with Crippen LogP contribution in [-0.2, 0) is 60.9 Å². The van der Waals surface area contributed by atoms with Crippen molar-refractivity contribution in [1.29, 1.82) is 0 Å². The molecule has 0 aliphatic heterocycles. The van der Waals surface area contributed by atoms with E-state index in [1.165, 1.54) is 0 Å². The van der Waals surface area contributed by atoms with Gasteiger partial charge in [0, 0.05) is 0 Å². The second-order valence-corrected chi connectivity index (χ2v) is 0. The Morgan fingerprint density at radius 3 is 0.333 bits per heavy atom. The van der Waals surface area contributed by atoms with E-state index in [4.69, 9.17) is 0 Å². The molecule has 9 heteroatoms. The van der Waals surface area contributed by atoms with E-state index in [1.54, 1.807) is 0 Å². The third kappa shape index (κ3) is 85.0. The Morgan fingerprint density at radius 2 is 0.333 bits per heavy atom. The van der Waals surface area contributed by atoms with Crippen molar-refractivity contribution in [2.24, 2.45) is 0 Å². The minimum absolute atomic E-state index is 0. The van der Waals surface area contributed by atoms with Crippen LogP contribution in [0.25, 0.3) is 0 Å². The van der Waals surface area contributed by atoms with Crippen LogP contribution in [0.4, 0.5) is 0 Å². The first-order valence-electron chi connectivity index (χ1n) is 0. The van der Waals surface area contributed by atoms with E-state index in [2.05, 4.69) is 0 Å². The fourth-order valence-electron chi connectivity index (χ4n) is 0. The largest absolute Gasteiger partial charge is 3.00 e. The van der Waals surface area contributed by atoms with Crippen LogP contribution < -0.4 is 0 Å². The summed E-state index contributed by atoms with van der Waals surface area (Å²) in [5.74, 6) is 0. The summed E-state index contributed by atoms with van der Waals surface area (Å²) in [7, 11) is 0. The summed E-state index contributed by atoms with van der Waals surface area (Å²) in [6.07, 6.45) is 0. The van der Waals surface area contributed by atoms with E-state index in [0.29, 0.717) is 0 Å². The molecule has 0 aliphatic carbocycles. The zero-order valence-electron chi connectivity index (χ0n) is 3.52. The SMILES string of the molecule is [Co+2].[Co+2].[O-2].[O-2].[O-2].[O-2].[O-2].[Sm+3].[Sm+3]. The molecule has 0 aliphatic rings. The molecule has 0 heterocycles. The Morgan fingerprint density at radius 1 is 0.333 bits per heavy atom. The van der Waals surface area contributed by atoms with Crippen molar-refractivity contribution in [1.82, 2.24) is 0 Å². The molecule has 0 aromatic carbocycles. The quantitative estimate of drug-likeness (QED) is 0.421. The molecular formula is Co2O5Sm2. The molecule has 0 saturated heterocycles. The molecule has 0 atom stereocenters. The Bertz CT molecular complexity index is 12.9. The number of hydrogen-bond acceptors (Lipinski definition) is 0. The molecule has 0 amide bonds. The van der Waals surface area contributed by atoms with Crippen molar-refractivity contribution < 1.29 is 142 Å². The molecule has 60 valence electrons. The smallest absolute Gasteiger partial charge is 2.00 e. The second kappa shape index (κ2) is 104. The van der Waals surface area contributed by atoms with Crippen LogP contribution in [0.1, 0.15) is 0 Å². The predicted molar refractivity (Wildman–Crippen MR) is 3.43 cm³/mol. The van der Waals surface area contributed by atoms with Gasteiger partial charge >= 0.3 is 114 Å². The van der Waals surface area contributed by atoms with Gasteiger partial charge in [0.05, 0.1) is 0 Å². The second-order valence-electron chi connectivity index (χ2n) is 0. The Kier molecular flexibility index (Phi) is 1560. The first kappa shape index (κ1) is 135. The molecule has 0 aromatic rings. The summed E-state index contributed by atoms with van der Waals surface area (Å²) in [6, 6.07) is 0. The van der Waals surface area contributed by atoms with Crippen LogP contribution in [0.2, 0.25) is 0 Å². The molecule has 0 unspecified atom stereocenters. The van der Waals surface area contributed by atoms with Crippen molar-refractivity contribution >= 4 is 0 Å². The van der Waals surface area contributed by atoms with Crippen LogP contribution in [0.5, 0.6) is 0 Å². The van der Waals surface area contributed by atoms with E-state index in [0.717, 1.165) is 0 Å². The Balaban J connectivity index is 0. The fraction of sp³-hybridized carbons (Fsp3) is 0. The first-order chi connectivity index (χ1) is 0. The molecule has 0 fully saturated rings. The van der Waals surface area contributed by atoms with Gasteiger partial charge in [0.1, 0.15) is 0 Å². The molecule has 0 rings (SSSR count). The monoisotopic (exact) mass is 502 g/mol. The Hall–Kier alpha value is 3.49. The van der Waals surface area contributed by atoms with E-state index in [1.807, 2.05) is 0 Å². The van der Waals surface area contributed by atoms with Crippen molar-refractivity contribution in [2.75, 3.05) is 0 Å². The van der Waals surface area contributed by atoms with Gasteiger partial charge in [-0.15, -0.1) is 0 Å². The molecule has 0 aromatic heterocycles. The third-order valence-electron chi connectivity index (χ3n) is 0. The first-order valence-corrected chi connectivity index (χ1v) is 0. The van der Waals surface area contributed by atoms with Crippen LogP contribution >= 0.6 is 0 Å². The van der Waals surface area contributed by atoms with Crippen molar-refractivity contribution in [2.45, 2.75) is 0 Å². The number of hydrogen-bond donors (Lipinski definition) is 0. The van der Waals surface area contributed by atoms with E-state index in [9.17, 15) is 0 Å². The van der Waals surface area contributed by atoms with Crippen molar-refractivity contribution in [3.8, 4) is 0 Å². The molecule has 5 nitrogen and oxygen atoms in total. The Labute approximate surface area is 139 Å². The molecule has 9 heavy (non-hydrogen) atoms. The van der Waals surface area contributed by atoms with Crippen molar-refractivity contribution in [3.05, 3.63) is 0 Å². The maximum absolute atomic E-state index is 0. The van der Waals surface area contributed by atoms with Gasteiger partial charge in [-0.3, -0.25) is 0 Å². The summed E-state index contributed by atoms with van der Waals surface area (Å²) < 4.78 is 0. The molecule has 0 spiro atoms. The standard InChI is InChI=1S/2Co.5O.2Sm/q2*+2;5*-2;2*+3. The molecule has 0 saturated carbocycles. The summed E-state index contributed by atoms with van der Waals surface area (Å²) in [5, 5.41) is 0. The van der Waals surface area contributed by atoms with Gasteiger partial charge in [-0.25, -0.2) is 0 Å². The average molecular weight is 499 g/mol. The van der Waals surface area contributed by atoms with Crippen molar-refractivity contribution in [3.63, 3.8) is 0 Å². The van der Waals surface area contributed by atoms with Gasteiger partial charge in [0.2, 0.25) is 0 Å². The maximum atomic E-state index is 0. The number of rotatable bonds is 0. The predicted octanol–water partition coefficient (Wildman–Crippen LogP) is -0.599. The molecule has 0 bridgehead atoms. The molecule has 4 radical (unpaired) electrons. The molecular weight excluding hydrogens is 499 g/mol. The maximum Gasteiger partial charge on any atom is 3.00 e. The van der Waals surface area contributed by atoms with Gasteiger partial charge in [-0.05, 0) is 0 Å². The van der Waals surface area contributed by atoms with Crippen LogP contribution in [-0.4, -0.2) is 0 Å². The summed E-state index contributed by atoms with van der Waals surface area (Å²) in [6.45, 7) is 0. The van der Waals surface area contributed by atoms with Crippen LogP contribution in [0.15, 0.2) is 0 Å². The van der Waals surface area contributed by atoms with E-state index in [-0.39, 0.29) is 142 Å². The summed E-state index contributed by atoms with van der Waals surface area (Å²) in [5.41, 5.74) is 0. The van der Waals surface area contributed by atoms with Crippen LogP contribution in [0, 0.1) is 80.8 Å². The normalized spacial score (nSPS) is 0. The topological polar surface area (TPSA) is 142 Å². The van der Waals surface area contributed by atoms with E-state index < -0.39 is 0 Å². The van der Waals surface area contributed by atoms with Gasteiger partial charge in [-0.1, -0.05) is 0 Å². The van der Waals surface area contributed by atoms with Gasteiger partial charge in [0.15, 0.2) is 0 Å². The van der Waals surface area contributed by atoms with Gasteiger partial charge in [0.25, 0.3) is 0 Å². The zero-order valence-corrected chi connectivity index (χ0v) is 10.8. The average Bonchev–Trinajstić information content (AvgIpc) is 0. The minimum Gasteiger partial charge on any atom is -2.00 e. The molecule has 0 N–H and O–H groups in total. The van der Waals surface area contributed by atoms with Gasteiger partial charge < -0.3 is 27.4 Å². The zero-order chi connectivity index (χ0) is 0.